The first-order chi connectivity index (χ1) is 15.9. The van der Waals surface area contributed by atoms with Crippen molar-refractivity contribution in [3.63, 3.8) is 0 Å². The lowest BCUT2D eigenvalue weighted by Gasteiger charge is -2.14. The smallest absolute Gasteiger partial charge is 0.416 e. The second-order valence-corrected chi connectivity index (χ2v) is 8.17. The Morgan fingerprint density at radius 1 is 1.24 bits per heavy atom. The number of hydrogen-bond acceptors (Lipinski definition) is 7. The highest BCUT2D eigenvalue weighted by Gasteiger charge is 2.31. The standard InChI is InChI=1S/C20H17ClF3N3O6S/c1-10(18(28)32-3)34-17(26-19(29)25-2)13-9-12(5-6-15(13)27(30)31)33-16-7-4-11(8-14(16)21)20(22,23)24/h4-10H,1-3H3,(H,25,29). The Labute approximate surface area is 200 Å². The topological polar surface area (TPSA) is 120 Å². The van der Waals surface area contributed by atoms with Gasteiger partial charge in [0.15, 0.2) is 0 Å². The number of nitro groups is 1. The molecule has 34 heavy (non-hydrogen) atoms. The quantitative estimate of drug-likeness (QED) is 0.177. The van der Waals surface area contributed by atoms with Crippen molar-refractivity contribution < 1.29 is 37.2 Å². The van der Waals surface area contributed by atoms with Gasteiger partial charge in [-0.25, -0.2) is 4.79 Å². The number of nitrogens with one attached hydrogen (secondary N) is 1. The number of halogens is 4. The molecule has 0 aliphatic rings. The number of esters is 1. The van der Waals surface area contributed by atoms with Crippen LogP contribution >= 0.6 is 23.4 Å². The van der Waals surface area contributed by atoms with Crippen LogP contribution in [0.5, 0.6) is 11.5 Å². The van der Waals surface area contributed by atoms with Crippen LogP contribution in [-0.4, -0.2) is 41.4 Å². The second-order valence-electron chi connectivity index (χ2n) is 6.44. The Morgan fingerprint density at radius 2 is 1.91 bits per heavy atom. The van der Waals surface area contributed by atoms with E-state index in [4.69, 9.17) is 16.3 Å². The molecule has 0 fully saturated rings. The Bertz CT molecular complexity index is 1140. The van der Waals surface area contributed by atoms with Crippen molar-refractivity contribution in [3.8, 4) is 11.5 Å². The molecule has 182 valence electrons. The lowest BCUT2D eigenvalue weighted by molar-refractivity contribution is -0.385. The van der Waals surface area contributed by atoms with Crippen molar-refractivity contribution in [1.82, 2.24) is 5.32 Å². The van der Waals surface area contributed by atoms with Crippen LogP contribution in [0.4, 0.5) is 23.7 Å². The van der Waals surface area contributed by atoms with Crippen molar-refractivity contribution in [3.05, 3.63) is 62.7 Å². The van der Waals surface area contributed by atoms with E-state index < -0.39 is 39.6 Å². The molecular formula is C20H17ClF3N3O6S. The van der Waals surface area contributed by atoms with Gasteiger partial charge in [-0.15, -0.1) is 0 Å². The van der Waals surface area contributed by atoms with Crippen molar-refractivity contribution in [2.24, 2.45) is 4.99 Å². The molecule has 1 unspecified atom stereocenters. The van der Waals surface area contributed by atoms with Gasteiger partial charge in [0.25, 0.3) is 5.69 Å². The molecule has 2 rings (SSSR count). The second kappa shape index (κ2) is 11.2. The number of urea groups is 1. The number of ether oxygens (including phenoxy) is 2. The molecule has 9 nitrogen and oxygen atoms in total. The van der Waals surface area contributed by atoms with E-state index in [9.17, 15) is 32.9 Å². The Hall–Kier alpha value is -3.32. The zero-order valence-corrected chi connectivity index (χ0v) is 19.4. The van der Waals surface area contributed by atoms with Crippen molar-refractivity contribution in [2.75, 3.05) is 14.2 Å². The zero-order chi connectivity index (χ0) is 25.6. The molecule has 2 amide bonds. The van der Waals surface area contributed by atoms with Crippen LogP contribution in [0.15, 0.2) is 41.4 Å². The third-order valence-electron chi connectivity index (χ3n) is 4.12. The number of carbonyl (C=O) groups is 2. The van der Waals surface area contributed by atoms with E-state index in [2.05, 4.69) is 15.0 Å². The van der Waals surface area contributed by atoms with E-state index in [1.54, 1.807) is 0 Å². The van der Waals surface area contributed by atoms with E-state index in [1.807, 2.05) is 0 Å². The molecule has 2 aromatic rings. The average Bonchev–Trinajstić information content (AvgIpc) is 2.78. The summed E-state index contributed by atoms with van der Waals surface area (Å²) in [7, 11) is 2.44. The van der Waals surface area contributed by atoms with Crippen LogP contribution in [0.25, 0.3) is 0 Å². The highest BCUT2D eigenvalue weighted by Crippen LogP contribution is 2.38. The van der Waals surface area contributed by atoms with Crippen LogP contribution in [0.3, 0.4) is 0 Å². The fraction of sp³-hybridized carbons (Fsp3) is 0.250. The molecule has 0 bridgehead atoms. The summed E-state index contributed by atoms with van der Waals surface area (Å²) in [6.45, 7) is 1.45. The minimum atomic E-state index is -4.61. The van der Waals surface area contributed by atoms with Crippen molar-refractivity contribution >= 4 is 46.1 Å². The van der Waals surface area contributed by atoms with Gasteiger partial charge >= 0.3 is 18.2 Å². The normalized spacial score (nSPS) is 12.6. The number of alkyl halides is 3. The first-order valence-electron chi connectivity index (χ1n) is 9.25. The zero-order valence-electron chi connectivity index (χ0n) is 17.8. The molecule has 1 N–H and O–H groups in total. The number of benzene rings is 2. The lowest BCUT2D eigenvalue weighted by Crippen LogP contribution is -2.20. The number of nitrogens with zero attached hydrogens (tertiary/aromatic N) is 2. The van der Waals surface area contributed by atoms with E-state index in [0.717, 1.165) is 43.1 Å². The maximum absolute atomic E-state index is 12.9. The highest BCUT2D eigenvalue weighted by molar-refractivity contribution is 8.15. The van der Waals surface area contributed by atoms with Crippen molar-refractivity contribution in [2.45, 2.75) is 18.3 Å². The summed E-state index contributed by atoms with van der Waals surface area (Å²) in [6.07, 6.45) is -4.61. The maximum Gasteiger partial charge on any atom is 0.416 e. The third-order valence-corrected chi connectivity index (χ3v) is 5.50. The molecule has 0 aromatic heterocycles. The predicted molar refractivity (Wildman–Crippen MR) is 120 cm³/mol. The number of hydrogen-bond donors (Lipinski definition) is 1. The molecule has 0 heterocycles. The number of rotatable bonds is 6. The average molecular weight is 520 g/mol. The maximum atomic E-state index is 12.9. The fourth-order valence-electron chi connectivity index (χ4n) is 2.48. The molecule has 0 radical (unpaired) electrons. The van der Waals surface area contributed by atoms with Crippen LogP contribution in [0.2, 0.25) is 5.02 Å². The molecule has 0 aliphatic heterocycles. The number of carbonyl (C=O) groups excluding carboxylic acids is 2. The van der Waals surface area contributed by atoms with E-state index in [1.165, 1.54) is 20.0 Å². The van der Waals surface area contributed by atoms with E-state index in [0.29, 0.717) is 6.07 Å². The summed E-state index contributed by atoms with van der Waals surface area (Å²) in [6, 6.07) is 5.01. The van der Waals surface area contributed by atoms with Gasteiger partial charge in [0.2, 0.25) is 0 Å². The molecule has 0 aliphatic carbocycles. The SMILES string of the molecule is CNC(=O)N=C(SC(C)C(=O)OC)c1cc(Oc2ccc(C(F)(F)F)cc2Cl)ccc1[N+](=O)[O-]. The number of aliphatic imine (C=N–C) groups is 1. The molecule has 14 heteroatoms. The summed E-state index contributed by atoms with van der Waals surface area (Å²) in [5.41, 5.74) is -1.62. The lowest BCUT2D eigenvalue weighted by atomic mass is 10.1. The molecule has 0 saturated heterocycles. The summed E-state index contributed by atoms with van der Waals surface area (Å²) in [5.74, 6) is -0.853. The van der Waals surface area contributed by atoms with Gasteiger partial charge in [0.1, 0.15) is 21.8 Å². The molecule has 1 atom stereocenters. The first-order valence-corrected chi connectivity index (χ1v) is 10.5. The molecule has 2 aromatic carbocycles. The first kappa shape index (κ1) is 26.9. The largest absolute Gasteiger partial charge is 0.468 e. The highest BCUT2D eigenvalue weighted by atomic mass is 35.5. The van der Waals surface area contributed by atoms with Gasteiger partial charge in [-0.1, -0.05) is 23.4 Å². The van der Waals surface area contributed by atoms with Gasteiger partial charge in [-0.05, 0) is 37.3 Å². The number of amides is 2. The Balaban J connectivity index is 2.54. The van der Waals surface area contributed by atoms with Gasteiger partial charge in [0.05, 0.1) is 28.2 Å². The van der Waals surface area contributed by atoms with Crippen LogP contribution in [0, 0.1) is 10.1 Å². The Kier molecular flexibility index (Phi) is 8.87. The van der Waals surface area contributed by atoms with Crippen LogP contribution in [-0.2, 0) is 15.7 Å². The predicted octanol–water partition coefficient (Wildman–Crippen LogP) is 5.44. The van der Waals surface area contributed by atoms with Crippen LogP contribution < -0.4 is 10.1 Å². The number of methoxy groups -OCH3 is 1. The molecule has 0 saturated carbocycles. The van der Waals surface area contributed by atoms with Crippen LogP contribution in [0.1, 0.15) is 18.1 Å². The summed E-state index contributed by atoms with van der Waals surface area (Å²) >= 11 is 6.64. The van der Waals surface area contributed by atoms with E-state index >= 15 is 0 Å². The summed E-state index contributed by atoms with van der Waals surface area (Å²) in [4.78, 5) is 38.4. The summed E-state index contributed by atoms with van der Waals surface area (Å²) < 4.78 is 48.8. The third kappa shape index (κ3) is 6.84. The van der Waals surface area contributed by atoms with Gasteiger partial charge in [-0.3, -0.25) is 14.9 Å². The number of thioether (sulfide) groups is 1. The van der Waals surface area contributed by atoms with Gasteiger partial charge in [0, 0.05) is 13.1 Å². The monoisotopic (exact) mass is 519 g/mol. The number of nitro benzene ring substituents is 1. The molecular weight excluding hydrogens is 503 g/mol. The summed E-state index contributed by atoms with van der Waals surface area (Å²) in [5, 5.41) is 12.4. The van der Waals surface area contributed by atoms with Crippen molar-refractivity contribution in [1.29, 1.82) is 0 Å². The minimum absolute atomic E-state index is 0.0433. The van der Waals surface area contributed by atoms with E-state index in [-0.39, 0.29) is 27.1 Å². The Morgan fingerprint density at radius 3 is 2.44 bits per heavy atom. The van der Waals surface area contributed by atoms with Gasteiger partial charge < -0.3 is 14.8 Å². The van der Waals surface area contributed by atoms with Gasteiger partial charge in [-0.2, -0.15) is 18.2 Å². The fourth-order valence-corrected chi connectivity index (χ4v) is 3.65. The molecule has 0 spiro atoms. The minimum Gasteiger partial charge on any atom is -0.468 e.